The van der Waals surface area contributed by atoms with Crippen LogP contribution in [0.5, 0.6) is 11.5 Å². The van der Waals surface area contributed by atoms with Crippen LogP contribution in [0, 0.1) is 0 Å². The molecule has 0 saturated carbocycles. The maximum atomic E-state index is 6.61. The number of hydrogen-bond acceptors (Lipinski definition) is 5. The lowest BCUT2D eigenvalue weighted by atomic mass is 9.62. The lowest BCUT2D eigenvalue weighted by Gasteiger charge is -2.42. The van der Waals surface area contributed by atoms with Gasteiger partial charge in [0.05, 0.1) is 27.8 Å². The van der Waals surface area contributed by atoms with Gasteiger partial charge in [0, 0.05) is 52.0 Å². The number of nitrogens with zero attached hydrogens (tertiary/aromatic N) is 3. The number of fused-ring (bicyclic) bond motifs is 5. The molecule has 0 saturated heterocycles. The van der Waals surface area contributed by atoms with E-state index in [1.807, 2.05) is 42.9 Å². The van der Waals surface area contributed by atoms with Crippen molar-refractivity contribution in [2.75, 3.05) is 6.54 Å². The van der Waals surface area contributed by atoms with Crippen LogP contribution in [0.15, 0.2) is 158 Å². The summed E-state index contributed by atoms with van der Waals surface area (Å²) in [7, 11) is 0. The molecule has 7 aromatic rings. The SMILES string of the molecule is C1=CC(C2(c3ccncc3)c3ccccc3Oc3ccc(-c4ccc5ccc6ccc(-c7ccccc7)nc6c5n4)cc32)=CCN1. The molecule has 5 heteroatoms. The summed E-state index contributed by atoms with van der Waals surface area (Å²) in [6.45, 7) is 0.744. The highest BCUT2D eigenvalue weighted by Crippen LogP contribution is 2.56. The van der Waals surface area contributed by atoms with Crippen LogP contribution in [0.2, 0.25) is 0 Å². The number of dihydropyridines is 1. The maximum Gasteiger partial charge on any atom is 0.132 e. The number of aromatic nitrogens is 3. The number of nitrogens with one attached hydrogen (secondary N) is 1. The highest BCUT2D eigenvalue weighted by molar-refractivity contribution is 6.04. The number of ether oxygens (including phenoxy) is 1. The van der Waals surface area contributed by atoms with E-state index in [1.54, 1.807) is 0 Å². The van der Waals surface area contributed by atoms with Crippen LogP contribution in [0.4, 0.5) is 0 Å². The van der Waals surface area contributed by atoms with Crippen LogP contribution in [-0.2, 0) is 5.41 Å². The van der Waals surface area contributed by atoms with Crippen molar-refractivity contribution in [3.05, 3.63) is 174 Å². The van der Waals surface area contributed by atoms with Crippen molar-refractivity contribution in [2.45, 2.75) is 5.41 Å². The second-order valence-electron chi connectivity index (χ2n) is 11.7. The highest BCUT2D eigenvalue weighted by Gasteiger charge is 2.46. The third-order valence-corrected chi connectivity index (χ3v) is 9.15. The summed E-state index contributed by atoms with van der Waals surface area (Å²) >= 11 is 0. The summed E-state index contributed by atoms with van der Waals surface area (Å²) in [6.07, 6.45) is 10.2. The Bertz CT molecular complexity index is 2350. The smallest absolute Gasteiger partial charge is 0.132 e. The molecule has 1 unspecified atom stereocenters. The first-order chi connectivity index (χ1) is 22.8. The van der Waals surface area contributed by atoms with Gasteiger partial charge in [-0.25, -0.2) is 9.97 Å². The van der Waals surface area contributed by atoms with Crippen molar-refractivity contribution in [3.8, 4) is 34.0 Å². The van der Waals surface area contributed by atoms with E-state index in [1.165, 1.54) is 5.57 Å². The van der Waals surface area contributed by atoms with Gasteiger partial charge in [-0.05, 0) is 71.9 Å². The Morgan fingerprint density at radius 3 is 2.02 bits per heavy atom. The first kappa shape index (κ1) is 26.3. The monoisotopic (exact) mass is 592 g/mol. The van der Waals surface area contributed by atoms with E-state index >= 15 is 0 Å². The lowest BCUT2D eigenvalue weighted by Crippen LogP contribution is -2.36. The first-order valence-electron chi connectivity index (χ1n) is 15.5. The van der Waals surface area contributed by atoms with Gasteiger partial charge in [-0.1, -0.05) is 78.9 Å². The molecule has 1 N–H and O–H groups in total. The molecule has 9 rings (SSSR count). The Morgan fingerprint density at radius 1 is 0.609 bits per heavy atom. The summed E-state index contributed by atoms with van der Waals surface area (Å²) in [6, 6.07) is 42.0. The largest absolute Gasteiger partial charge is 0.457 e. The van der Waals surface area contributed by atoms with E-state index in [0.29, 0.717) is 0 Å². The Kier molecular flexibility index (Phi) is 6.03. The van der Waals surface area contributed by atoms with E-state index in [9.17, 15) is 0 Å². The number of hydrogen-bond donors (Lipinski definition) is 1. The zero-order valence-corrected chi connectivity index (χ0v) is 24.9. The average molecular weight is 593 g/mol. The second-order valence-corrected chi connectivity index (χ2v) is 11.7. The minimum absolute atomic E-state index is 0.614. The fourth-order valence-electron chi connectivity index (χ4n) is 7.02. The van der Waals surface area contributed by atoms with Gasteiger partial charge in [0.2, 0.25) is 0 Å². The molecule has 0 amide bonds. The summed E-state index contributed by atoms with van der Waals surface area (Å²) in [5, 5.41) is 5.46. The van der Waals surface area contributed by atoms with Gasteiger partial charge in [0.15, 0.2) is 0 Å². The van der Waals surface area contributed by atoms with Crippen molar-refractivity contribution < 1.29 is 4.74 Å². The molecule has 2 aliphatic heterocycles. The summed E-state index contributed by atoms with van der Waals surface area (Å²) in [5.74, 6) is 1.68. The predicted molar refractivity (Wildman–Crippen MR) is 184 cm³/mol. The van der Waals surface area contributed by atoms with E-state index in [-0.39, 0.29) is 0 Å². The molecule has 1 atom stereocenters. The number of benzene rings is 4. The molecule has 5 nitrogen and oxygen atoms in total. The lowest BCUT2D eigenvalue weighted by molar-refractivity contribution is 0.434. The molecule has 2 aliphatic rings. The molecule has 0 aliphatic carbocycles. The van der Waals surface area contributed by atoms with E-state index in [0.717, 1.165) is 79.1 Å². The molecule has 5 heterocycles. The van der Waals surface area contributed by atoms with Gasteiger partial charge >= 0.3 is 0 Å². The van der Waals surface area contributed by atoms with Gasteiger partial charge in [0.1, 0.15) is 11.5 Å². The van der Waals surface area contributed by atoms with Gasteiger partial charge in [0.25, 0.3) is 0 Å². The van der Waals surface area contributed by atoms with Crippen molar-refractivity contribution in [2.24, 2.45) is 0 Å². The van der Waals surface area contributed by atoms with Crippen LogP contribution < -0.4 is 10.1 Å². The van der Waals surface area contributed by atoms with Crippen LogP contribution in [0.25, 0.3) is 44.3 Å². The van der Waals surface area contributed by atoms with Crippen molar-refractivity contribution in [1.29, 1.82) is 0 Å². The number of allylic oxidation sites excluding steroid dienone is 2. The molecule has 4 aromatic carbocycles. The fraction of sp³-hybridized carbons (Fsp3) is 0.0488. The van der Waals surface area contributed by atoms with Crippen LogP contribution in [-0.4, -0.2) is 21.5 Å². The Labute approximate surface area is 266 Å². The summed E-state index contributed by atoms with van der Waals surface area (Å²) in [5.41, 5.74) is 9.55. The Morgan fingerprint density at radius 2 is 1.28 bits per heavy atom. The standard InChI is InChI=1S/C41H28N4O/c1-2-6-27(7-3-1)35-15-12-28-10-11-29-13-16-36(45-40(29)39(28)44-35)30-14-17-38-34(26-30)41(31-18-22-42-23-19-31,32-20-24-43-25-21-32)33-8-4-5-9-37(33)46-38/h1-24,26,43H,25H2. The Hall–Kier alpha value is -6.07. The minimum Gasteiger partial charge on any atom is -0.457 e. The van der Waals surface area contributed by atoms with Gasteiger partial charge < -0.3 is 10.1 Å². The van der Waals surface area contributed by atoms with E-state index in [4.69, 9.17) is 14.7 Å². The number of para-hydroxylation sites is 1. The average Bonchev–Trinajstić information content (AvgIpc) is 3.14. The third kappa shape index (κ3) is 4.06. The highest BCUT2D eigenvalue weighted by atomic mass is 16.5. The fourth-order valence-corrected chi connectivity index (χ4v) is 7.02. The predicted octanol–water partition coefficient (Wildman–Crippen LogP) is 9.00. The van der Waals surface area contributed by atoms with E-state index in [2.05, 4.69) is 120 Å². The molecular formula is C41H28N4O. The molecule has 46 heavy (non-hydrogen) atoms. The quantitative estimate of drug-likeness (QED) is 0.207. The summed E-state index contributed by atoms with van der Waals surface area (Å²) in [4.78, 5) is 14.8. The van der Waals surface area contributed by atoms with Crippen LogP contribution in [0.1, 0.15) is 16.7 Å². The maximum absolute atomic E-state index is 6.61. The summed E-state index contributed by atoms with van der Waals surface area (Å²) < 4.78 is 6.61. The molecular weight excluding hydrogens is 564 g/mol. The van der Waals surface area contributed by atoms with Crippen molar-refractivity contribution in [3.63, 3.8) is 0 Å². The number of pyridine rings is 3. The second kappa shape index (κ2) is 10.5. The zero-order valence-electron chi connectivity index (χ0n) is 24.9. The van der Waals surface area contributed by atoms with Gasteiger partial charge in [-0.3, -0.25) is 4.98 Å². The molecule has 0 bridgehead atoms. The molecule has 3 aromatic heterocycles. The third-order valence-electron chi connectivity index (χ3n) is 9.15. The van der Waals surface area contributed by atoms with Crippen molar-refractivity contribution >= 4 is 21.8 Å². The van der Waals surface area contributed by atoms with Crippen LogP contribution >= 0.6 is 0 Å². The molecule has 218 valence electrons. The topological polar surface area (TPSA) is 59.9 Å². The number of rotatable bonds is 4. The van der Waals surface area contributed by atoms with Crippen molar-refractivity contribution in [1.82, 2.24) is 20.3 Å². The normalized spacial score (nSPS) is 16.7. The molecule has 0 radical (unpaired) electrons. The molecule has 0 spiro atoms. The van der Waals surface area contributed by atoms with Gasteiger partial charge in [-0.2, -0.15) is 0 Å². The Balaban J connectivity index is 1.27. The van der Waals surface area contributed by atoms with Gasteiger partial charge in [-0.15, -0.1) is 0 Å². The minimum atomic E-state index is -0.614. The first-order valence-corrected chi connectivity index (χ1v) is 15.5. The molecule has 0 fully saturated rings. The zero-order chi connectivity index (χ0) is 30.5. The van der Waals surface area contributed by atoms with Crippen LogP contribution in [0.3, 0.4) is 0 Å². The van der Waals surface area contributed by atoms with E-state index < -0.39 is 5.41 Å².